The molecule has 0 bridgehead atoms. The fraction of sp³-hybridized carbons (Fsp3) is 0.500. The Morgan fingerprint density at radius 3 is 2.74 bits per heavy atom. The molecule has 7 heteroatoms. The monoisotopic (exact) mass is 264 g/mol. The molecule has 0 unspecified atom stereocenters. The van der Waals surface area contributed by atoms with Gasteiger partial charge in [0.25, 0.3) is 11.6 Å². The van der Waals surface area contributed by atoms with Crippen molar-refractivity contribution in [3.05, 3.63) is 27.9 Å². The lowest BCUT2D eigenvalue weighted by atomic mass is 9.98. The van der Waals surface area contributed by atoms with Gasteiger partial charge in [-0.25, -0.2) is 4.98 Å². The van der Waals surface area contributed by atoms with Crippen LogP contribution in [-0.4, -0.2) is 21.4 Å². The highest BCUT2D eigenvalue weighted by Crippen LogP contribution is 2.39. The summed E-state index contributed by atoms with van der Waals surface area (Å²) in [6.07, 6.45) is 3.14. The second-order valence-corrected chi connectivity index (χ2v) is 5.33. The number of aromatic nitrogens is 1. The number of nitrogens with zero attached hydrogens (tertiary/aromatic N) is 2. The van der Waals surface area contributed by atoms with E-state index in [0.717, 1.165) is 19.0 Å². The van der Waals surface area contributed by atoms with E-state index in [9.17, 15) is 14.9 Å². The Hall–Kier alpha value is -2.18. The van der Waals surface area contributed by atoms with Crippen molar-refractivity contribution in [1.29, 1.82) is 0 Å². The lowest BCUT2D eigenvalue weighted by Crippen LogP contribution is -2.45. The normalized spacial score (nSPS) is 15.1. The molecular weight excluding hydrogens is 248 g/mol. The molecule has 2 rings (SSSR count). The molecule has 1 aliphatic rings. The van der Waals surface area contributed by atoms with E-state index in [2.05, 4.69) is 10.3 Å². The van der Waals surface area contributed by atoms with Crippen LogP contribution >= 0.6 is 0 Å². The molecule has 1 amide bonds. The summed E-state index contributed by atoms with van der Waals surface area (Å²) >= 11 is 0. The van der Waals surface area contributed by atoms with E-state index in [1.807, 2.05) is 13.8 Å². The first-order valence-electron chi connectivity index (χ1n) is 6.03. The summed E-state index contributed by atoms with van der Waals surface area (Å²) in [4.78, 5) is 26.1. The number of nitrogens with two attached hydrogens (primary N) is 1. The van der Waals surface area contributed by atoms with Crippen molar-refractivity contribution in [2.75, 3.05) is 5.73 Å². The molecule has 19 heavy (non-hydrogen) atoms. The molecule has 0 spiro atoms. The molecule has 1 aromatic heterocycles. The quantitative estimate of drug-likeness (QED) is 0.632. The molecule has 1 aliphatic carbocycles. The van der Waals surface area contributed by atoms with Gasteiger partial charge in [0, 0.05) is 5.54 Å². The molecule has 102 valence electrons. The van der Waals surface area contributed by atoms with E-state index in [1.165, 1.54) is 6.07 Å². The fourth-order valence-electron chi connectivity index (χ4n) is 2.06. The molecule has 1 saturated carbocycles. The van der Waals surface area contributed by atoms with Crippen LogP contribution in [0.3, 0.4) is 0 Å². The van der Waals surface area contributed by atoms with Crippen molar-refractivity contribution in [3.8, 4) is 0 Å². The van der Waals surface area contributed by atoms with Crippen LogP contribution in [0.15, 0.2) is 12.3 Å². The Morgan fingerprint density at radius 2 is 2.21 bits per heavy atom. The zero-order valence-corrected chi connectivity index (χ0v) is 10.8. The summed E-state index contributed by atoms with van der Waals surface area (Å²) < 4.78 is 0. The number of carbonyl (C=O) groups excluding carboxylic acids is 1. The maximum absolute atomic E-state index is 12.2. The van der Waals surface area contributed by atoms with Crippen molar-refractivity contribution in [2.24, 2.45) is 5.92 Å². The van der Waals surface area contributed by atoms with Gasteiger partial charge in [-0.2, -0.15) is 0 Å². The second kappa shape index (κ2) is 4.49. The number of nitrogens with one attached hydrogen (secondary N) is 1. The maximum Gasteiger partial charge on any atom is 0.300 e. The summed E-state index contributed by atoms with van der Waals surface area (Å²) in [7, 11) is 0. The second-order valence-electron chi connectivity index (χ2n) is 5.33. The van der Waals surface area contributed by atoms with Crippen LogP contribution in [0.25, 0.3) is 0 Å². The Balaban J connectivity index is 2.27. The number of nitro groups is 1. The minimum atomic E-state index is -0.633. The number of anilines is 1. The van der Waals surface area contributed by atoms with Crippen molar-refractivity contribution in [3.63, 3.8) is 0 Å². The third kappa shape index (κ3) is 2.81. The van der Waals surface area contributed by atoms with Gasteiger partial charge in [0.2, 0.25) is 0 Å². The largest absolute Gasteiger partial charge is 0.384 e. The van der Waals surface area contributed by atoms with Crippen LogP contribution in [0.1, 0.15) is 37.0 Å². The maximum atomic E-state index is 12.2. The van der Waals surface area contributed by atoms with Crippen LogP contribution < -0.4 is 11.1 Å². The molecule has 3 N–H and O–H groups in total. The number of hydrogen-bond donors (Lipinski definition) is 2. The van der Waals surface area contributed by atoms with Crippen molar-refractivity contribution < 1.29 is 9.72 Å². The summed E-state index contributed by atoms with van der Waals surface area (Å²) in [5.41, 5.74) is 4.73. The van der Waals surface area contributed by atoms with Gasteiger partial charge in [-0.15, -0.1) is 0 Å². The minimum absolute atomic E-state index is 0.0498. The average molecular weight is 264 g/mol. The van der Waals surface area contributed by atoms with E-state index in [-0.39, 0.29) is 22.6 Å². The fourth-order valence-corrected chi connectivity index (χ4v) is 2.06. The highest BCUT2D eigenvalue weighted by molar-refractivity contribution is 5.99. The molecule has 7 nitrogen and oxygen atoms in total. The first kappa shape index (κ1) is 13.3. The zero-order chi connectivity index (χ0) is 14.2. The number of nitrogen functional groups attached to an aromatic ring is 1. The van der Waals surface area contributed by atoms with E-state index >= 15 is 0 Å². The number of hydrogen-bond acceptors (Lipinski definition) is 5. The number of pyridine rings is 1. The van der Waals surface area contributed by atoms with E-state index < -0.39 is 10.8 Å². The lowest BCUT2D eigenvalue weighted by molar-refractivity contribution is -0.385. The van der Waals surface area contributed by atoms with Crippen LogP contribution in [0.5, 0.6) is 0 Å². The average Bonchev–Trinajstić information content (AvgIpc) is 3.11. The molecule has 1 fully saturated rings. The Kier molecular flexibility index (Phi) is 3.13. The molecule has 0 aliphatic heterocycles. The van der Waals surface area contributed by atoms with Gasteiger partial charge in [0.05, 0.1) is 4.92 Å². The van der Waals surface area contributed by atoms with E-state index in [1.54, 1.807) is 0 Å². The van der Waals surface area contributed by atoms with Gasteiger partial charge < -0.3 is 11.1 Å². The number of amides is 1. The van der Waals surface area contributed by atoms with Crippen LogP contribution in [0, 0.1) is 16.0 Å². The van der Waals surface area contributed by atoms with Crippen molar-refractivity contribution in [2.45, 2.75) is 32.2 Å². The predicted molar refractivity (Wildman–Crippen MR) is 69.6 cm³/mol. The Morgan fingerprint density at radius 1 is 1.58 bits per heavy atom. The third-order valence-corrected chi connectivity index (χ3v) is 3.38. The van der Waals surface area contributed by atoms with Gasteiger partial charge in [-0.1, -0.05) is 0 Å². The van der Waals surface area contributed by atoms with Gasteiger partial charge in [0.15, 0.2) is 0 Å². The number of rotatable bonds is 4. The van der Waals surface area contributed by atoms with E-state index in [0.29, 0.717) is 5.92 Å². The first-order chi connectivity index (χ1) is 8.81. The molecule has 0 aromatic carbocycles. The molecule has 1 aromatic rings. The van der Waals surface area contributed by atoms with Crippen LogP contribution in [0.4, 0.5) is 11.5 Å². The number of carbonyl (C=O) groups is 1. The summed E-state index contributed by atoms with van der Waals surface area (Å²) in [5.74, 6) is 0.0207. The smallest absolute Gasteiger partial charge is 0.300 e. The Labute approximate surface area is 110 Å². The molecule has 1 heterocycles. The van der Waals surface area contributed by atoms with E-state index in [4.69, 9.17) is 5.73 Å². The lowest BCUT2D eigenvalue weighted by Gasteiger charge is -2.26. The highest BCUT2D eigenvalue weighted by atomic mass is 16.6. The van der Waals surface area contributed by atoms with Crippen LogP contribution in [-0.2, 0) is 0 Å². The highest BCUT2D eigenvalue weighted by Gasteiger charge is 2.39. The molecule has 0 saturated heterocycles. The standard InChI is InChI=1S/C12H16N4O3/c1-12(2,7-3-4-7)15-11(17)8-5-10(13)14-6-9(8)16(18)19/h5-7H,3-4H2,1-2H3,(H2,13,14)(H,15,17). The van der Waals surface area contributed by atoms with Crippen molar-refractivity contribution in [1.82, 2.24) is 10.3 Å². The summed E-state index contributed by atoms with van der Waals surface area (Å²) in [6, 6.07) is 1.23. The van der Waals surface area contributed by atoms with Gasteiger partial charge in [-0.3, -0.25) is 14.9 Å². The predicted octanol–water partition coefficient (Wildman–Crippen LogP) is 1.49. The van der Waals surface area contributed by atoms with Gasteiger partial charge >= 0.3 is 0 Å². The molecular formula is C12H16N4O3. The molecule has 0 atom stereocenters. The topological polar surface area (TPSA) is 111 Å². The summed E-state index contributed by atoms with van der Waals surface area (Å²) in [6.45, 7) is 3.83. The SMILES string of the molecule is CC(C)(NC(=O)c1cc(N)ncc1[N+](=O)[O-])C1CC1. The third-order valence-electron chi connectivity index (χ3n) is 3.38. The zero-order valence-electron chi connectivity index (χ0n) is 10.8. The minimum Gasteiger partial charge on any atom is -0.384 e. The Bertz CT molecular complexity index is 538. The summed E-state index contributed by atoms with van der Waals surface area (Å²) in [5, 5.41) is 13.7. The molecule has 0 radical (unpaired) electrons. The first-order valence-corrected chi connectivity index (χ1v) is 6.03. The van der Waals surface area contributed by atoms with Gasteiger partial charge in [0.1, 0.15) is 17.6 Å². The van der Waals surface area contributed by atoms with Crippen LogP contribution in [0.2, 0.25) is 0 Å². The van der Waals surface area contributed by atoms with Gasteiger partial charge in [-0.05, 0) is 38.7 Å². The van der Waals surface area contributed by atoms with Crippen molar-refractivity contribution >= 4 is 17.4 Å².